The van der Waals surface area contributed by atoms with E-state index in [4.69, 9.17) is 4.74 Å². The van der Waals surface area contributed by atoms with Gasteiger partial charge in [-0.3, -0.25) is 0 Å². The predicted molar refractivity (Wildman–Crippen MR) is 75.7 cm³/mol. The van der Waals surface area contributed by atoms with Gasteiger partial charge in [0, 0.05) is 19.7 Å². The minimum atomic E-state index is -0.477. The van der Waals surface area contributed by atoms with E-state index in [9.17, 15) is 5.11 Å². The van der Waals surface area contributed by atoms with Gasteiger partial charge in [0.2, 0.25) is 0 Å². The zero-order valence-corrected chi connectivity index (χ0v) is 12.4. The van der Waals surface area contributed by atoms with Crippen LogP contribution in [0.1, 0.15) is 52.9 Å². The summed E-state index contributed by atoms with van der Waals surface area (Å²) >= 11 is 0. The van der Waals surface area contributed by atoms with Crippen LogP contribution in [0.5, 0.6) is 0 Å². The van der Waals surface area contributed by atoms with Crippen molar-refractivity contribution in [1.29, 1.82) is 0 Å². The molecule has 1 saturated carbocycles. The maximum atomic E-state index is 10.4. The molecule has 0 aromatic rings. The number of hydrogen-bond acceptors (Lipinski definition) is 3. The molecule has 0 heterocycles. The maximum Gasteiger partial charge on any atom is 0.0774 e. The Labute approximate surface area is 112 Å². The van der Waals surface area contributed by atoms with Crippen molar-refractivity contribution >= 4 is 0 Å². The highest BCUT2D eigenvalue weighted by Gasteiger charge is 2.31. The van der Waals surface area contributed by atoms with Gasteiger partial charge in [0.05, 0.1) is 12.2 Å². The highest BCUT2D eigenvalue weighted by atomic mass is 16.5. The molecule has 0 aromatic heterocycles. The minimum absolute atomic E-state index is 0.477. The second-order valence-electron chi connectivity index (χ2n) is 6.40. The molecular formula is C15H31NO2. The van der Waals surface area contributed by atoms with Crippen molar-refractivity contribution in [1.82, 2.24) is 5.32 Å². The molecule has 1 rings (SSSR count). The molecule has 0 saturated heterocycles. The third-order valence-electron chi connectivity index (χ3n) is 3.78. The summed E-state index contributed by atoms with van der Waals surface area (Å²) in [7, 11) is 0. The largest absolute Gasteiger partial charge is 0.389 e. The molecule has 3 heteroatoms. The molecule has 2 unspecified atom stereocenters. The van der Waals surface area contributed by atoms with Gasteiger partial charge in [-0.15, -0.1) is 0 Å². The van der Waals surface area contributed by atoms with E-state index in [1.165, 1.54) is 6.42 Å². The first kappa shape index (κ1) is 15.9. The lowest BCUT2D eigenvalue weighted by molar-refractivity contribution is -0.0129. The van der Waals surface area contributed by atoms with Crippen molar-refractivity contribution in [3.05, 3.63) is 0 Å². The lowest BCUT2D eigenvalue weighted by atomic mass is 9.79. The van der Waals surface area contributed by atoms with Crippen molar-refractivity contribution in [3.63, 3.8) is 0 Å². The Kier molecular flexibility index (Phi) is 7.20. The number of nitrogens with one attached hydrogen (secondary N) is 1. The number of rotatable bonds is 8. The Morgan fingerprint density at radius 2 is 2.17 bits per heavy atom. The number of aliphatic hydroxyl groups is 1. The first-order chi connectivity index (χ1) is 8.52. The van der Waals surface area contributed by atoms with Gasteiger partial charge in [0.25, 0.3) is 0 Å². The third kappa shape index (κ3) is 6.72. The van der Waals surface area contributed by atoms with Gasteiger partial charge in [-0.1, -0.05) is 33.6 Å². The summed E-state index contributed by atoms with van der Waals surface area (Å²) in [5, 5.41) is 13.7. The Morgan fingerprint density at radius 3 is 2.83 bits per heavy atom. The molecule has 1 fully saturated rings. The van der Waals surface area contributed by atoms with Crippen LogP contribution in [0.3, 0.4) is 0 Å². The SMILES string of the molecule is CC(C)CCOCCNCC1(O)CCCC(C)C1. The summed E-state index contributed by atoms with van der Waals surface area (Å²) in [6.45, 7) is 9.81. The summed E-state index contributed by atoms with van der Waals surface area (Å²) in [6.07, 6.45) is 5.43. The molecule has 1 aliphatic rings. The van der Waals surface area contributed by atoms with Crippen molar-refractivity contribution < 1.29 is 9.84 Å². The molecule has 3 nitrogen and oxygen atoms in total. The van der Waals surface area contributed by atoms with Gasteiger partial charge in [0.15, 0.2) is 0 Å². The highest BCUT2D eigenvalue weighted by Crippen LogP contribution is 2.31. The molecule has 0 aliphatic heterocycles. The molecule has 1 aliphatic carbocycles. The molecule has 0 radical (unpaired) electrons. The molecule has 108 valence electrons. The number of hydrogen-bond donors (Lipinski definition) is 2. The molecular weight excluding hydrogens is 226 g/mol. The summed E-state index contributed by atoms with van der Waals surface area (Å²) in [6, 6.07) is 0. The molecule has 0 amide bonds. The second-order valence-corrected chi connectivity index (χ2v) is 6.40. The Morgan fingerprint density at radius 1 is 1.39 bits per heavy atom. The predicted octanol–water partition coefficient (Wildman–Crippen LogP) is 2.58. The van der Waals surface area contributed by atoms with Gasteiger partial charge in [-0.05, 0) is 31.1 Å². The molecule has 2 N–H and O–H groups in total. The van der Waals surface area contributed by atoms with E-state index >= 15 is 0 Å². The minimum Gasteiger partial charge on any atom is -0.389 e. The molecule has 0 spiro atoms. The van der Waals surface area contributed by atoms with Crippen molar-refractivity contribution in [2.45, 2.75) is 58.5 Å². The fraction of sp³-hybridized carbons (Fsp3) is 1.00. The van der Waals surface area contributed by atoms with Gasteiger partial charge in [-0.25, -0.2) is 0 Å². The maximum absolute atomic E-state index is 10.4. The second kappa shape index (κ2) is 8.13. The fourth-order valence-electron chi connectivity index (χ4n) is 2.68. The van der Waals surface area contributed by atoms with Crippen LogP contribution >= 0.6 is 0 Å². The van der Waals surface area contributed by atoms with Crippen LogP contribution in [0.2, 0.25) is 0 Å². The number of ether oxygens (including phenoxy) is 1. The van der Waals surface area contributed by atoms with Crippen LogP contribution in [0.15, 0.2) is 0 Å². The van der Waals surface area contributed by atoms with E-state index in [0.29, 0.717) is 18.4 Å². The van der Waals surface area contributed by atoms with Crippen LogP contribution < -0.4 is 5.32 Å². The lowest BCUT2D eigenvalue weighted by Gasteiger charge is -2.35. The first-order valence-corrected chi connectivity index (χ1v) is 7.53. The van der Waals surface area contributed by atoms with Crippen LogP contribution in [0.25, 0.3) is 0 Å². The van der Waals surface area contributed by atoms with E-state index in [2.05, 4.69) is 26.1 Å². The van der Waals surface area contributed by atoms with E-state index in [-0.39, 0.29) is 0 Å². The van der Waals surface area contributed by atoms with Crippen LogP contribution in [-0.2, 0) is 4.74 Å². The smallest absolute Gasteiger partial charge is 0.0774 e. The average molecular weight is 257 g/mol. The normalized spacial score (nSPS) is 28.8. The quantitative estimate of drug-likeness (QED) is 0.657. The Bertz CT molecular complexity index is 221. The molecule has 18 heavy (non-hydrogen) atoms. The van der Waals surface area contributed by atoms with E-state index in [1.54, 1.807) is 0 Å². The summed E-state index contributed by atoms with van der Waals surface area (Å²) in [4.78, 5) is 0. The first-order valence-electron chi connectivity index (χ1n) is 7.53. The Balaban J connectivity index is 2.00. The molecule has 2 atom stereocenters. The zero-order valence-electron chi connectivity index (χ0n) is 12.4. The highest BCUT2D eigenvalue weighted by molar-refractivity contribution is 4.86. The average Bonchev–Trinajstić information content (AvgIpc) is 2.27. The fourth-order valence-corrected chi connectivity index (χ4v) is 2.68. The van der Waals surface area contributed by atoms with E-state index < -0.39 is 5.60 Å². The third-order valence-corrected chi connectivity index (χ3v) is 3.78. The topological polar surface area (TPSA) is 41.5 Å². The van der Waals surface area contributed by atoms with Gasteiger partial charge in [0.1, 0.15) is 0 Å². The Hall–Kier alpha value is -0.120. The van der Waals surface area contributed by atoms with Crippen LogP contribution in [0, 0.1) is 11.8 Å². The summed E-state index contributed by atoms with van der Waals surface area (Å²) in [5.74, 6) is 1.37. The van der Waals surface area contributed by atoms with Crippen molar-refractivity contribution in [2.24, 2.45) is 11.8 Å². The monoisotopic (exact) mass is 257 g/mol. The molecule has 0 aromatic carbocycles. The lowest BCUT2D eigenvalue weighted by Crippen LogP contribution is -2.44. The van der Waals surface area contributed by atoms with Crippen molar-refractivity contribution in [3.8, 4) is 0 Å². The van der Waals surface area contributed by atoms with Gasteiger partial charge in [-0.2, -0.15) is 0 Å². The van der Waals surface area contributed by atoms with E-state index in [0.717, 1.165) is 45.4 Å². The van der Waals surface area contributed by atoms with Gasteiger partial charge < -0.3 is 15.2 Å². The van der Waals surface area contributed by atoms with Crippen LogP contribution in [-0.4, -0.2) is 37.0 Å². The standard InChI is InChI=1S/C15H31NO2/c1-13(2)6-9-18-10-8-16-12-15(17)7-4-5-14(3)11-15/h13-14,16-17H,4-12H2,1-3H3. The zero-order chi connectivity index (χ0) is 13.4. The molecule has 0 bridgehead atoms. The van der Waals surface area contributed by atoms with Gasteiger partial charge >= 0.3 is 0 Å². The van der Waals surface area contributed by atoms with Crippen molar-refractivity contribution in [2.75, 3.05) is 26.3 Å². The summed E-state index contributed by atoms with van der Waals surface area (Å²) < 4.78 is 5.54. The van der Waals surface area contributed by atoms with E-state index in [1.807, 2.05) is 0 Å². The summed E-state index contributed by atoms with van der Waals surface area (Å²) in [5.41, 5.74) is -0.477. The van der Waals surface area contributed by atoms with Crippen LogP contribution in [0.4, 0.5) is 0 Å².